The molecule has 1 heterocycles. The van der Waals surface area contributed by atoms with E-state index in [1.807, 2.05) is 0 Å². The SMILES string of the molecule is CSCCNc1cc(Br)nc(N)n1. The van der Waals surface area contributed by atoms with Crippen molar-refractivity contribution >= 4 is 39.5 Å². The van der Waals surface area contributed by atoms with Crippen molar-refractivity contribution in [2.75, 3.05) is 29.6 Å². The van der Waals surface area contributed by atoms with Crippen LogP contribution >= 0.6 is 27.7 Å². The lowest BCUT2D eigenvalue weighted by Crippen LogP contribution is -2.07. The van der Waals surface area contributed by atoms with Gasteiger partial charge >= 0.3 is 0 Å². The van der Waals surface area contributed by atoms with Crippen LogP contribution < -0.4 is 11.1 Å². The normalized spacial score (nSPS) is 10.0. The van der Waals surface area contributed by atoms with Gasteiger partial charge in [-0.15, -0.1) is 0 Å². The summed E-state index contributed by atoms with van der Waals surface area (Å²) in [5, 5.41) is 3.15. The minimum atomic E-state index is 0.279. The predicted molar refractivity (Wildman–Crippen MR) is 61.0 cm³/mol. The van der Waals surface area contributed by atoms with Crippen LogP contribution in [0, 0.1) is 0 Å². The van der Waals surface area contributed by atoms with Crippen molar-refractivity contribution in [3.05, 3.63) is 10.7 Å². The van der Waals surface area contributed by atoms with Crippen molar-refractivity contribution in [3.8, 4) is 0 Å². The lowest BCUT2D eigenvalue weighted by molar-refractivity contribution is 1.11. The average molecular weight is 263 g/mol. The Bertz CT molecular complexity index is 261. The van der Waals surface area contributed by atoms with E-state index in [-0.39, 0.29) is 5.95 Å². The average Bonchev–Trinajstić information content (AvgIpc) is 2.03. The van der Waals surface area contributed by atoms with Crippen LogP contribution in [0.5, 0.6) is 0 Å². The third-order valence-corrected chi connectivity index (χ3v) is 2.34. The lowest BCUT2D eigenvalue weighted by atomic mass is 10.5. The first-order chi connectivity index (χ1) is 6.22. The van der Waals surface area contributed by atoms with Crippen LogP contribution in [0.1, 0.15) is 0 Å². The highest BCUT2D eigenvalue weighted by molar-refractivity contribution is 9.10. The van der Waals surface area contributed by atoms with Crippen molar-refractivity contribution in [1.82, 2.24) is 9.97 Å². The Morgan fingerprint density at radius 3 is 3.00 bits per heavy atom. The van der Waals surface area contributed by atoms with Crippen LogP contribution in [-0.2, 0) is 0 Å². The zero-order valence-corrected chi connectivity index (χ0v) is 9.65. The van der Waals surface area contributed by atoms with E-state index in [1.54, 1.807) is 17.8 Å². The van der Waals surface area contributed by atoms with Crippen molar-refractivity contribution in [2.24, 2.45) is 0 Å². The Morgan fingerprint density at radius 2 is 2.38 bits per heavy atom. The molecular formula is C7H11BrN4S. The fraction of sp³-hybridized carbons (Fsp3) is 0.429. The third kappa shape index (κ3) is 3.82. The van der Waals surface area contributed by atoms with Crippen LogP contribution in [0.15, 0.2) is 10.7 Å². The number of anilines is 2. The summed E-state index contributed by atoms with van der Waals surface area (Å²) >= 11 is 5.03. The quantitative estimate of drug-likeness (QED) is 0.638. The van der Waals surface area contributed by atoms with Gasteiger partial charge in [-0.25, -0.2) is 4.98 Å². The second-order valence-electron chi connectivity index (χ2n) is 2.35. The number of nitrogens with zero attached hydrogens (tertiary/aromatic N) is 2. The van der Waals surface area contributed by atoms with E-state index in [0.717, 1.165) is 18.1 Å². The second kappa shape index (κ2) is 5.29. The monoisotopic (exact) mass is 262 g/mol. The van der Waals surface area contributed by atoms with Gasteiger partial charge in [-0.05, 0) is 22.2 Å². The van der Waals surface area contributed by atoms with Gasteiger partial charge in [-0.2, -0.15) is 16.7 Å². The molecule has 1 rings (SSSR count). The molecule has 72 valence electrons. The lowest BCUT2D eigenvalue weighted by Gasteiger charge is -2.04. The molecule has 0 amide bonds. The summed E-state index contributed by atoms with van der Waals surface area (Å²) in [6.07, 6.45) is 2.06. The predicted octanol–water partition coefficient (Wildman–Crippen LogP) is 1.60. The summed E-state index contributed by atoms with van der Waals surface area (Å²) in [4.78, 5) is 7.92. The number of nitrogens with two attached hydrogens (primary N) is 1. The topological polar surface area (TPSA) is 63.8 Å². The molecule has 0 aliphatic heterocycles. The van der Waals surface area contributed by atoms with E-state index in [9.17, 15) is 0 Å². The first-order valence-corrected chi connectivity index (χ1v) is 5.94. The summed E-state index contributed by atoms with van der Waals surface area (Å²) in [7, 11) is 0. The Hall–Kier alpha value is -0.490. The molecule has 6 heteroatoms. The number of hydrogen-bond acceptors (Lipinski definition) is 5. The number of halogens is 1. The van der Waals surface area contributed by atoms with Gasteiger partial charge in [0.15, 0.2) is 0 Å². The van der Waals surface area contributed by atoms with E-state index in [0.29, 0.717) is 4.60 Å². The molecule has 0 saturated carbocycles. The zero-order chi connectivity index (χ0) is 9.68. The molecule has 0 radical (unpaired) electrons. The van der Waals surface area contributed by atoms with Crippen molar-refractivity contribution in [1.29, 1.82) is 0 Å². The van der Waals surface area contributed by atoms with Gasteiger partial charge in [0.1, 0.15) is 10.4 Å². The number of aromatic nitrogens is 2. The van der Waals surface area contributed by atoms with E-state index >= 15 is 0 Å². The first-order valence-electron chi connectivity index (χ1n) is 3.75. The number of thioether (sulfide) groups is 1. The van der Waals surface area contributed by atoms with Gasteiger partial charge < -0.3 is 11.1 Å². The number of nitrogen functional groups attached to an aromatic ring is 1. The third-order valence-electron chi connectivity index (χ3n) is 1.32. The molecule has 3 N–H and O–H groups in total. The number of hydrogen-bond donors (Lipinski definition) is 2. The molecule has 1 aromatic rings. The molecule has 13 heavy (non-hydrogen) atoms. The maximum atomic E-state index is 5.47. The smallest absolute Gasteiger partial charge is 0.223 e. The van der Waals surface area contributed by atoms with Crippen molar-refractivity contribution in [2.45, 2.75) is 0 Å². The van der Waals surface area contributed by atoms with Crippen LogP contribution in [0.25, 0.3) is 0 Å². The Morgan fingerprint density at radius 1 is 1.62 bits per heavy atom. The summed E-state index contributed by atoms with van der Waals surface area (Å²) in [6.45, 7) is 0.879. The molecule has 0 spiro atoms. The molecule has 0 aromatic carbocycles. The molecule has 0 aliphatic rings. The van der Waals surface area contributed by atoms with Crippen LogP contribution in [0.2, 0.25) is 0 Å². The highest BCUT2D eigenvalue weighted by Gasteiger charge is 1.98. The second-order valence-corrected chi connectivity index (χ2v) is 4.15. The molecule has 0 fully saturated rings. The molecule has 0 bridgehead atoms. The van der Waals surface area contributed by atoms with Gasteiger partial charge in [-0.1, -0.05) is 0 Å². The van der Waals surface area contributed by atoms with Gasteiger partial charge in [0, 0.05) is 18.4 Å². The minimum Gasteiger partial charge on any atom is -0.369 e. The van der Waals surface area contributed by atoms with Crippen LogP contribution in [-0.4, -0.2) is 28.5 Å². The van der Waals surface area contributed by atoms with Crippen LogP contribution in [0.4, 0.5) is 11.8 Å². The maximum Gasteiger partial charge on any atom is 0.223 e. The minimum absolute atomic E-state index is 0.279. The summed E-state index contributed by atoms with van der Waals surface area (Å²) < 4.78 is 0.701. The standard InChI is InChI=1S/C7H11BrN4S/c1-13-3-2-10-6-4-5(8)11-7(9)12-6/h4H,2-3H2,1H3,(H3,9,10,11,12). The Balaban J connectivity index is 2.56. The number of nitrogens with one attached hydrogen (secondary N) is 1. The van der Waals surface area contributed by atoms with E-state index in [2.05, 4.69) is 37.5 Å². The highest BCUT2D eigenvalue weighted by Crippen LogP contribution is 2.12. The Kier molecular flexibility index (Phi) is 4.31. The molecule has 0 atom stereocenters. The van der Waals surface area contributed by atoms with Crippen molar-refractivity contribution in [3.63, 3.8) is 0 Å². The van der Waals surface area contributed by atoms with E-state index < -0.39 is 0 Å². The largest absolute Gasteiger partial charge is 0.369 e. The van der Waals surface area contributed by atoms with E-state index in [4.69, 9.17) is 5.73 Å². The summed E-state index contributed by atoms with van der Waals surface area (Å²) in [6, 6.07) is 1.80. The van der Waals surface area contributed by atoms with Crippen molar-refractivity contribution < 1.29 is 0 Å². The number of rotatable bonds is 4. The fourth-order valence-corrected chi connectivity index (χ4v) is 1.51. The first kappa shape index (κ1) is 10.6. The maximum absolute atomic E-state index is 5.47. The zero-order valence-electron chi connectivity index (χ0n) is 7.25. The summed E-state index contributed by atoms with van der Waals surface area (Å²) in [5.41, 5.74) is 5.47. The van der Waals surface area contributed by atoms with Gasteiger partial charge in [0.25, 0.3) is 0 Å². The molecule has 0 saturated heterocycles. The highest BCUT2D eigenvalue weighted by atomic mass is 79.9. The van der Waals surface area contributed by atoms with E-state index in [1.165, 1.54) is 0 Å². The summed E-state index contributed by atoms with van der Waals surface area (Å²) in [5.74, 6) is 2.08. The van der Waals surface area contributed by atoms with Crippen LogP contribution in [0.3, 0.4) is 0 Å². The van der Waals surface area contributed by atoms with Gasteiger partial charge in [-0.3, -0.25) is 0 Å². The molecule has 0 unspecified atom stereocenters. The molecular weight excluding hydrogens is 252 g/mol. The molecule has 1 aromatic heterocycles. The molecule has 4 nitrogen and oxygen atoms in total. The Labute approximate surface area is 89.8 Å². The van der Waals surface area contributed by atoms with Gasteiger partial charge in [0.05, 0.1) is 0 Å². The fourth-order valence-electron chi connectivity index (χ4n) is 0.807. The molecule has 0 aliphatic carbocycles. The van der Waals surface area contributed by atoms with Gasteiger partial charge in [0.2, 0.25) is 5.95 Å².